The quantitative estimate of drug-likeness (QED) is 0.719. The van der Waals surface area contributed by atoms with Crippen molar-refractivity contribution in [2.75, 3.05) is 7.05 Å². The third kappa shape index (κ3) is 2.64. The molecule has 128 valence electrons. The summed E-state index contributed by atoms with van der Waals surface area (Å²) in [6.07, 6.45) is 3.44. The van der Waals surface area contributed by atoms with Crippen molar-refractivity contribution >= 4 is 20.9 Å². The van der Waals surface area contributed by atoms with Crippen LogP contribution < -0.4 is 0 Å². The highest BCUT2D eigenvalue weighted by Crippen LogP contribution is 2.38. The highest BCUT2D eigenvalue weighted by atomic mass is 32.2. The van der Waals surface area contributed by atoms with Gasteiger partial charge >= 0.3 is 0 Å². The summed E-state index contributed by atoms with van der Waals surface area (Å²) in [6, 6.07) is 15.3. The van der Waals surface area contributed by atoms with Gasteiger partial charge in [-0.1, -0.05) is 36.4 Å². The molecule has 1 aliphatic carbocycles. The Kier molecular flexibility index (Phi) is 3.85. The molecule has 0 amide bonds. The lowest BCUT2D eigenvalue weighted by Gasteiger charge is -2.25. The molecule has 4 nitrogen and oxygen atoms in total. The normalized spacial score (nSPS) is 17.2. The lowest BCUT2D eigenvalue weighted by Crippen LogP contribution is -2.30. The summed E-state index contributed by atoms with van der Waals surface area (Å²) in [5.74, 6) is 0. The molecule has 3 aromatic rings. The van der Waals surface area contributed by atoms with Crippen LogP contribution in [-0.2, 0) is 16.4 Å². The van der Waals surface area contributed by atoms with Crippen LogP contribution in [0.4, 0.5) is 0 Å². The second kappa shape index (κ2) is 5.93. The van der Waals surface area contributed by atoms with E-state index in [9.17, 15) is 8.42 Å². The predicted molar refractivity (Wildman–Crippen MR) is 98.9 cm³/mol. The molecule has 0 spiro atoms. The molecule has 0 aliphatic heterocycles. The predicted octanol–water partition coefficient (Wildman–Crippen LogP) is 3.85. The van der Waals surface area contributed by atoms with E-state index in [-0.39, 0.29) is 10.9 Å². The maximum atomic E-state index is 13.3. The van der Waals surface area contributed by atoms with E-state index in [1.807, 2.05) is 37.3 Å². The van der Waals surface area contributed by atoms with Crippen molar-refractivity contribution in [3.63, 3.8) is 0 Å². The minimum atomic E-state index is -3.63. The van der Waals surface area contributed by atoms with Crippen LogP contribution in [0.5, 0.6) is 0 Å². The van der Waals surface area contributed by atoms with E-state index in [0.717, 1.165) is 29.4 Å². The zero-order valence-electron chi connectivity index (χ0n) is 14.3. The Labute approximate surface area is 148 Å². The standard InChI is InChI=1S/C20H20N2O2S/c1-14-12-16-7-5-9-19(20(16)21-13-14)25(23,24)22(2)18-11-10-15-6-3-4-8-17(15)18/h3-9,12-13,18H,10-11H2,1-2H3. The van der Waals surface area contributed by atoms with Gasteiger partial charge in [0.15, 0.2) is 0 Å². The number of rotatable bonds is 3. The van der Waals surface area contributed by atoms with E-state index in [2.05, 4.69) is 11.1 Å². The molecule has 1 aromatic heterocycles. The zero-order chi connectivity index (χ0) is 17.6. The van der Waals surface area contributed by atoms with Gasteiger partial charge < -0.3 is 0 Å². The fourth-order valence-corrected chi connectivity index (χ4v) is 5.22. The number of aryl methyl sites for hydroxylation is 2. The Balaban J connectivity index is 1.81. The lowest BCUT2D eigenvalue weighted by atomic mass is 10.1. The Bertz CT molecular complexity index is 1060. The first-order valence-corrected chi connectivity index (χ1v) is 9.84. The topological polar surface area (TPSA) is 50.3 Å². The fourth-order valence-electron chi connectivity index (χ4n) is 3.69. The summed E-state index contributed by atoms with van der Waals surface area (Å²) in [6.45, 7) is 1.95. The van der Waals surface area contributed by atoms with Crippen molar-refractivity contribution in [2.45, 2.75) is 30.7 Å². The van der Waals surface area contributed by atoms with Crippen LogP contribution in [0, 0.1) is 6.92 Å². The molecule has 0 N–H and O–H groups in total. The monoisotopic (exact) mass is 352 g/mol. The summed E-state index contributed by atoms with van der Waals surface area (Å²) in [5, 5.41) is 0.848. The van der Waals surface area contributed by atoms with Crippen LogP contribution in [0.2, 0.25) is 0 Å². The number of benzene rings is 2. The van der Waals surface area contributed by atoms with Crippen molar-refractivity contribution in [3.8, 4) is 0 Å². The van der Waals surface area contributed by atoms with Gasteiger partial charge in [-0.05, 0) is 48.6 Å². The first-order valence-electron chi connectivity index (χ1n) is 8.40. The van der Waals surface area contributed by atoms with Gasteiger partial charge in [0, 0.05) is 18.6 Å². The van der Waals surface area contributed by atoms with Crippen LogP contribution in [0.3, 0.4) is 0 Å². The second-order valence-corrected chi connectivity index (χ2v) is 8.58. The second-order valence-electron chi connectivity index (χ2n) is 6.62. The Morgan fingerprint density at radius 3 is 2.76 bits per heavy atom. The number of aromatic nitrogens is 1. The average Bonchev–Trinajstić information content (AvgIpc) is 3.04. The smallest absolute Gasteiger partial charge is 0.245 e. The van der Waals surface area contributed by atoms with Crippen LogP contribution in [0.15, 0.2) is 59.6 Å². The number of fused-ring (bicyclic) bond motifs is 2. The van der Waals surface area contributed by atoms with Gasteiger partial charge in [-0.25, -0.2) is 8.42 Å². The SMILES string of the molecule is Cc1cnc2c(S(=O)(=O)N(C)C3CCc4ccccc43)cccc2c1. The minimum absolute atomic E-state index is 0.123. The maximum absolute atomic E-state index is 13.3. The molecule has 0 saturated heterocycles. The van der Waals surface area contributed by atoms with Gasteiger partial charge in [0.2, 0.25) is 10.0 Å². The van der Waals surface area contributed by atoms with E-state index < -0.39 is 10.0 Å². The van der Waals surface area contributed by atoms with Crippen molar-refractivity contribution in [1.82, 2.24) is 9.29 Å². The van der Waals surface area contributed by atoms with Gasteiger partial charge in [-0.3, -0.25) is 4.98 Å². The molecule has 0 fully saturated rings. The Morgan fingerprint density at radius 2 is 1.92 bits per heavy atom. The summed E-state index contributed by atoms with van der Waals surface area (Å²) in [5.41, 5.74) is 3.89. The van der Waals surface area contributed by atoms with Gasteiger partial charge in [0.25, 0.3) is 0 Å². The molecule has 1 unspecified atom stereocenters. The number of para-hydroxylation sites is 1. The third-order valence-corrected chi connectivity index (χ3v) is 6.91. The number of sulfonamides is 1. The van der Waals surface area contributed by atoms with Gasteiger partial charge in [-0.15, -0.1) is 0 Å². The first-order chi connectivity index (χ1) is 12.0. The molecule has 4 rings (SSSR count). The first kappa shape index (κ1) is 16.2. The molecule has 1 aliphatic rings. The average molecular weight is 352 g/mol. The molecule has 25 heavy (non-hydrogen) atoms. The highest BCUT2D eigenvalue weighted by Gasteiger charge is 2.34. The van der Waals surface area contributed by atoms with E-state index in [4.69, 9.17) is 0 Å². The molecule has 2 aromatic carbocycles. The molecule has 0 radical (unpaired) electrons. The zero-order valence-corrected chi connectivity index (χ0v) is 15.1. The van der Waals surface area contributed by atoms with E-state index in [1.165, 1.54) is 9.87 Å². The van der Waals surface area contributed by atoms with Gasteiger partial charge in [0.1, 0.15) is 4.90 Å². The largest absolute Gasteiger partial charge is 0.255 e. The van der Waals surface area contributed by atoms with E-state index >= 15 is 0 Å². The molecule has 1 heterocycles. The number of pyridine rings is 1. The van der Waals surface area contributed by atoms with E-state index in [1.54, 1.807) is 25.4 Å². The molecule has 1 atom stereocenters. The van der Waals surface area contributed by atoms with Gasteiger partial charge in [0.05, 0.1) is 11.6 Å². The summed E-state index contributed by atoms with van der Waals surface area (Å²) < 4.78 is 28.1. The maximum Gasteiger partial charge on any atom is 0.245 e. The molecular formula is C20H20N2O2S. The van der Waals surface area contributed by atoms with Crippen LogP contribution in [-0.4, -0.2) is 24.8 Å². The lowest BCUT2D eigenvalue weighted by molar-refractivity contribution is 0.375. The summed E-state index contributed by atoms with van der Waals surface area (Å²) >= 11 is 0. The Morgan fingerprint density at radius 1 is 1.12 bits per heavy atom. The van der Waals surface area contributed by atoms with Crippen LogP contribution in [0.25, 0.3) is 10.9 Å². The highest BCUT2D eigenvalue weighted by molar-refractivity contribution is 7.89. The molecule has 0 bridgehead atoms. The van der Waals surface area contributed by atoms with Crippen molar-refractivity contribution in [1.29, 1.82) is 0 Å². The van der Waals surface area contributed by atoms with Crippen LogP contribution >= 0.6 is 0 Å². The van der Waals surface area contributed by atoms with Crippen LogP contribution in [0.1, 0.15) is 29.2 Å². The molecule has 0 saturated carbocycles. The minimum Gasteiger partial charge on any atom is -0.255 e. The number of nitrogens with zero attached hydrogens (tertiary/aromatic N) is 2. The fraction of sp³-hybridized carbons (Fsp3) is 0.250. The number of hydrogen-bond donors (Lipinski definition) is 0. The van der Waals surface area contributed by atoms with Crippen molar-refractivity contribution in [3.05, 3.63) is 71.4 Å². The summed E-state index contributed by atoms with van der Waals surface area (Å²) in [7, 11) is -1.96. The van der Waals surface area contributed by atoms with Crippen molar-refractivity contribution < 1.29 is 8.42 Å². The Hall–Kier alpha value is -2.24. The molecular weight excluding hydrogens is 332 g/mol. The third-order valence-electron chi connectivity index (χ3n) is 5.01. The van der Waals surface area contributed by atoms with Gasteiger partial charge in [-0.2, -0.15) is 4.31 Å². The number of hydrogen-bond acceptors (Lipinski definition) is 3. The van der Waals surface area contributed by atoms with E-state index in [0.29, 0.717) is 5.52 Å². The molecule has 5 heteroatoms. The van der Waals surface area contributed by atoms with Crippen molar-refractivity contribution in [2.24, 2.45) is 0 Å². The summed E-state index contributed by atoms with van der Waals surface area (Å²) in [4.78, 5) is 4.67.